The molecule has 1 aromatic rings. The van der Waals surface area contributed by atoms with Crippen molar-refractivity contribution < 1.29 is 4.74 Å². The second kappa shape index (κ2) is 13.8. The highest BCUT2D eigenvalue weighted by Gasteiger charge is 2.09. The first-order chi connectivity index (χ1) is 10.9. The van der Waals surface area contributed by atoms with Crippen LogP contribution in [0, 0.1) is 0 Å². The lowest BCUT2D eigenvalue weighted by Crippen LogP contribution is -2.16. The molecule has 3 heteroatoms. The SMILES string of the molecule is CCCCCCCCOC(CCCCC)CCn1ccnc1. The second-order valence-corrected chi connectivity index (χ2v) is 6.35. The molecule has 0 spiro atoms. The van der Waals surface area contributed by atoms with Crippen LogP contribution in [0.3, 0.4) is 0 Å². The van der Waals surface area contributed by atoms with Gasteiger partial charge in [-0.3, -0.25) is 0 Å². The minimum atomic E-state index is 0.421. The highest BCUT2D eigenvalue weighted by Crippen LogP contribution is 2.13. The van der Waals surface area contributed by atoms with Crippen LogP contribution in [-0.2, 0) is 11.3 Å². The molecule has 0 fully saturated rings. The van der Waals surface area contributed by atoms with E-state index >= 15 is 0 Å². The third-order valence-electron chi connectivity index (χ3n) is 4.25. The molecule has 0 amide bonds. The van der Waals surface area contributed by atoms with Gasteiger partial charge in [0.25, 0.3) is 0 Å². The number of hydrogen-bond acceptors (Lipinski definition) is 2. The molecule has 1 unspecified atom stereocenters. The van der Waals surface area contributed by atoms with E-state index in [9.17, 15) is 0 Å². The van der Waals surface area contributed by atoms with Crippen molar-refractivity contribution in [2.75, 3.05) is 6.61 Å². The van der Waals surface area contributed by atoms with E-state index in [0.717, 1.165) is 19.6 Å². The fourth-order valence-electron chi connectivity index (χ4n) is 2.78. The van der Waals surface area contributed by atoms with Gasteiger partial charge >= 0.3 is 0 Å². The average molecular weight is 309 g/mol. The number of aromatic nitrogens is 2. The zero-order valence-corrected chi connectivity index (χ0v) is 14.8. The van der Waals surface area contributed by atoms with Crippen LogP contribution in [0.5, 0.6) is 0 Å². The Labute approximate surface area is 137 Å². The van der Waals surface area contributed by atoms with Crippen LogP contribution in [-0.4, -0.2) is 22.3 Å². The van der Waals surface area contributed by atoms with E-state index in [4.69, 9.17) is 4.74 Å². The van der Waals surface area contributed by atoms with Crippen molar-refractivity contribution in [3.8, 4) is 0 Å². The van der Waals surface area contributed by atoms with Crippen LogP contribution in [0.15, 0.2) is 18.7 Å². The largest absolute Gasteiger partial charge is 0.378 e. The van der Waals surface area contributed by atoms with Gasteiger partial charge < -0.3 is 9.30 Å². The van der Waals surface area contributed by atoms with Crippen molar-refractivity contribution in [1.82, 2.24) is 9.55 Å². The second-order valence-electron chi connectivity index (χ2n) is 6.35. The van der Waals surface area contributed by atoms with E-state index in [-0.39, 0.29) is 0 Å². The summed E-state index contributed by atoms with van der Waals surface area (Å²) in [5, 5.41) is 0. The van der Waals surface area contributed by atoms with Gasteiger partial charge in [0, 0.05) is 25.5 Å². The van der Waals surface area contributed by atoms with E-state index in [0.29, 0.717) is 6.10 Å². The van der Waals surface area contributed by atoms with Gasteiger partial charge in [0.05, 0.1) is 12.4 Å². The molecule has 0 saturated heterocycles. The summed E-state index contributed by atoms with van der Waals surface area (Å²) in [4.78, 5) is 4.11. The van der Waals surface area contributed by atoms with Crippen molar-refractivity contribution in [2.24, 2.45) is 0 Å². The predicted molar refractivity (Wildman–Crippen MR) is 94.1 cm³/mol. The predicted octanol–water partition coefficient (Wildman–Crippen LogP) is 5.60. The number of hydrogen-bond donors (Lipinski definition) is 0. The Morgan fingerprint density at radius 2 is 1.64 bits per heavy atom. The Morgan fingerprint density at radius 1 is 0.909 bits per heavy atom. The molecular formula is C19H36N2O. The third-order valence-corrected chi connectivity index (χ3v) is 4.25. The molecule has 1 atom stereocenters. The summed E-state index contributed by atoms with van der Waals surface area (Å²) in [6.45, 7) is 6.49. The summed E-state index contributed by atoms with van der Waals surface area (Å²) >= 11 is 0. The van der Waals surface area contributed by atoms with E-state index in [1.165, 1.54) is 64.2 Å². The van der Waals surface area contributed by atoms with Crippen LogP contribution < -0.4 is 0 Å². The topological polar surface area (TPSA) is 27.1 Å². The molecule has 1 heterocycles. The van der Waals surface area contributed by atoms with Gasteiger partial charge in [0.2, 0.25) is 0 Å². The Hall–Kier alpha value is -0.830. The summed E-state index contributed by atoms with van der Waals surface area (Å²) < 4.78 is 8.31. The number of nitrogens with zero attached hydrogens (tertiary/aromatic N) is 2. The lowest BCUT2D eigenvalue weighted by Gasteiger charge is -2.18. The summed E-state index contributed by atoms with van der Waals surface area (Å²) in [5.41, 5.74) is 0. The molecule has 128 valence electrons. The summed E-state index contributed by atoms with van der Waals surface area (Å²) in [5.74, 6) is 0. The molecule has 0 aliphatic heterocycles. The van der Waals surface area contributed by atoms with Crippen molar-refractivity contribution in [1.29, 1.82) is 0 Å². The molecule has 0 N–H and O–H groups in total. The van der Waals surface area contributed by atoms with Crippen LogP contribution in [0.1, 0.15) is 84.5 Å². The molecule has 3 nitrogen and oxygen atoms in total. The van der Waals surface area contributed by atoms with E-state index in [2.05, 4.69) is 23.4 Å². The fourth-order valence-corrected chi connectivity index (χ4v) is 2.78. The molecular weight excluding hydrogens is 272 g/mol. The van der Waals surface area contributed by atoms with Crippen molar-refractivity contribution in [3.63, 3.8) is 0 Å². The molecule has 0 aliphatic carbocycles. The molecule has 22 heavy (non-hydrogen) atoms. The maximum atomic E-state index is 6.16. The standard InChI is InChI=1S/C19H36N2O/c1-3-5-7-8-9-11-17-22-19(12-10-6-4-2)13-15-21-16-14-20-18-21/h14,16,18-19H,3-13,15,17H2,1-2H3. The van der Waals surface area contributed by atoms with Gasteiger partial charge in [-0.15, -0.1) is 0 Å². The molecule has 1 aromatic heterocycles. The monoisotopic (exact) mass is 308 g/mol. The van der Waals surface area contributed by atoms with E-state index < -0.39 is 0 Å². The first kappa shape index (κ1) is 19.2. The summed E-state index contributed by atoms with van der Waals surface area (Å²) in [6, 6.07) is 0. The van der Waals surface area contributed by atoms with Crippen LogP contribution >= 0.6 is 0 Å². The number of ether oxygens (including phenoxy) is 1. The summed E-state index contributed by atoms with van der Waals surface area (Å²) in [7, 11) is 0. The molecule has 0 aliphatic rings. The van der Waals surface area contributed by atoms with E-state index in [1.807, 2.05) is 18.7 Å². The lowest BCUT2D eigenvalue weighted by molar-refractivity contribution is 0.0347. The van der Waals surface area contributed by atoms with Gasteiger partial charge in [-0.1, -0.05) is 65.2 Å². The van der Waals surface area contributed by atoms with E-state index in [1.54, 1.807) is 0 Å². The van der Waals surface area contributed by atoms with Gasteiger partial charge in [-0.05, 0) is 19.3 Å². The Kier molecular flexibility index (Phi) is 12.1. The average Bonchev–Trinajstić information content (AvgIpc) is 3.04. The van der Waals surface area contributed by atoms with Gasteiger partial charge in [0.15, 0.2) is 0 Å². The lowest BCUT2D eigenvalue weighted by atomic mass is 10.1. The number of imidazole rings is 1. The third kappa shape index (κ3) is 9.99. The van der Waals surface area contributed by atoms with Crippen LogP contribution in [0.25, 0.3) is 0 Å². The van der Waals surface area contributed by atoms with Crippen molar-refractivity contribution in [2.45, 2.75) is 97.1 Å². The smallest absolute Gasteiger partial charge is 0.0945 e. The fraction of sp³-hybridized carbons (Fsp3) is 0.842. The zero-order valence-electron chi connectivity index (χ0n) is 14.8. The normalized spacial score (nSPS) is 12.6. The van der Waals surface area contributed by atoms with Gasteiger partial charge in [-0.25, -0.2) is 4.98 Å². The quantitative estimate of drug-likeness (QED) is 0.394. The Bertz CT molecular complexity index is 324. The molecule has 1 rings (SSSR count). The van der Waals surface area contributed by atoms with Gasteiger partial charge in [-0.2, -0.15) is 0 Å². The summed E-state index contributed by atoms with van der Waals surface area (Å²) in [6.07, 6.45) is 20.4. The highest BCUT2D eigenvalue weighted by molar-refractivity contribution is 4.74. The first-order valence-corrected chi connectivity index (χ1v) is 9.44. The molecule has 0 aromatic carbocycles. The van der Waals surface area contributed by atoms with Gasteiger partial charge in [0.1, 0.15) is 0 Å². The molecule has 0 radical (unpaired) electrons. The van der Waals surface area contributed by atoms with Crippen molar-refractivity contribution >= 4 is 0 Å². The Balaban J connectivity index is 2.13. The van der Waals surface area contributed by atoms with Crippen LogP contribution in [0.2, 0.25) is 0 Å². The number of unbranched alkanes of at least 4 members (excludes halogenated alkanes) is 7. The highest BCUT2D eigenvalue weighted by atomic mass is 16.5. The van der Waals surface area contributed by atoms with Crippen LogP contribution in [0.4, 0.5) is 0 Å². The minimum Gasteiger partial charge on any atom is -0.378 e. The first-order valence-electron chi connectivity index (χ1n) is 9.44. The maximum Gasteiger partial charge on any atom is 0.0945 e. The van der Waals surface area contributed by atoms with Crippen molar-refractivity contribution in [3.05, 3.63) is 18.7 Å². The maximum absolute atomic E-state index is 6.16. The Morgan fingerprint density at radius 3 is 2.36 bits per heavy atom. The molecule has 0 bridgehead atoms. The number of rotatable bonds is 15. The zero-order chi connectivity index (χ0) is 15.9. The molecule has 0 saturated carbocycles. The minimum absolute atomic E-state index is 0.421. The number of aryl methyl sites for hydroxylation is 1.